The number of nitrogens with zero attached hydrogens (tertiary/aromatic N) is 3. The molecule has 0 aliphatic carbocycles. The predicted molar refractivity (Wildman–Crippen MR) is 138 cm³/mol. The Balaban J connectivity index is 1.32. The van der Waals surface area contributed by atoms with Crippen molar-refractivity contribution in [1.82, 2.24) is 25.3 Å². The molecule has 1 atom stereocenters. The standard InChI is InChI=1S/C28H26N6O/c1-18(19-5-3-2-4-6-19)34-26-14-24(32-17-33-26)23-16-31-28-27(23)25(10-12-30-28)35-22-8-7-20-9-11-29-15-21(20)13-22/h2-8,10,12-14,16-18,29H,9,11,15H2,1H3,(H,30,31)(H,32,33,34)/t18-/m0/s1. The average Bonchev–Trinajstić information content (AvgIpc) is 3.35. The van der Waals surface area contributed by atoms with Gasteiger partial charge in [0.15, 0.2) is 0 Å². The molecule has 2 aromatic carbocycles. The highest BCUT2D eigenvalue weighted by atomic mass is 16.5. The summed E-state index contributed by atoms with van der Waals surface area (Å²) in [7, 11) is 0. The molecule has 3 aromatic heterocycles. The average molecular weight is 463 g/mol. The van der Waals surface area contributed by atoms with E-state index in [1.807, 2.05) is 42.6 Å². The lowest BCUT2D eigenvalue weighted by molar-refractivity contribution is 0.485. The van der Waals surface area contributed by atoms with Crippen LogP contribution in [0.3, 0.4) is 0 Å². The molecule has 0 unspecified atom stereocenters. The van der Waals surface area contributed by atoms with Gasteiger partial charge in [0.2, 0.25) is 0 Å². The molecule has 0 amide bonds. The summed E-state index contributed by atoms with van der Waals surface area (Å²) in [6.07, 6.45) is 6.31. The summed E-state index contributed by atoms with van der Waals surface area (Å²) in [4.78, 5) is 16.8. The number of nitrogens with one attached hydrogen (secondary N) is 3. The molecule has 0 bridgehead atoms. The van der Waals surface area contributed by atoms with Crippen molar-refractivity contribution in [1.29, 1.82) is 0 Å². The van der Waals surface area contributed by atoms with Crippen molar-refractivity contribution < 1.29 is 4.74 Å². The zero-order valence-corrected chi connectivity index (χ0v) is 19.5. The largest absolute Gasteiger partial charge is 0.457 e. The van der Waals surface area contributed by atoms with Gasteiger partial charge in [0.1, 0.15) is 29.3 Å². The third-order valence-corrected chi connectivity index (χ3v) is 6.43. The molecule has 35 heavy (non-hydrogen) atoms. The summed E-state index contributed by atoms with van der Waals surface area (Å²) in [5.41, 5.74) is 6.32. The number of fused-ring (bicyclic) bond motifs is 2. The van der Waals surface area contributed by atoms with Gasteiger partial charge in [-0.05, 0) is 54.8 Å². The molecule has 5 aromatic rings. The number of hydrogen-bond acceptors (Lipinski definition) is 6. The normalized spacial score (nSPS) is 13.9. The van der Waals surface area contributed by atoms with Gasteiger partial charge in [0.05, 0.1) is 11.1 Å². The summed E-state index contributed by atoms with van der Waals surface area (Å²) in [6, 6.07) is 20.6. The van der Waals surface area contributed by atoms with Gasteiger partial charge in [-0.2, -0.15) is 0 Å². The fourth-order valence-electron chi connectivity index (χ4n) is 4.59. The van der Waals surface area contributed by atoms with E-state index in [4.69, 9.17) is 4.74 Å². The lowest BCUT2D eigenvalue weighted by Gasteiger charge is -2.18. The van der Waals surface area contributed by atoms with Crippen LogP contribution in [0.4, 0.5) is 5.82 Å². The van der Waals surface area contributed by atoms with Gasteiger partial charge < -0.3 is 20.4 Å². The van der Waals surface area contributed by atoms with E-state index >= 15 is 0 Å². The summed E-state index contributed by atoms with van der Waals surface area (Å²) in [5, 5.41) is 7.80. The van der Waals surface area contributed by atoms with Crippen molar-refractivity contribution in [2.75, 3.05) is 11.9 Å². The smallest absolute Gasteiger partial charge is 0.141 e. The van der Waals surface area contributed by atoms with Gasteiger partial charge in [-0.25, -0.2) is 15.0 Å². The quantitative estimate of drug-likeness (QED) is 0.303. The summed E-state index contributed by atoms with van der Waals surface area (Å²) < 4.78 is 6.38. The molecule has 7 heteroatoms. The molecule has 1 aliphatic heterocycles. The van der Waals surface area contributed by atoms with E-state index in [2.05, 4.69) is 61.8 Å². The third kappa shape index (κ3) is 4.34. The SMILES string of the molecule is C[C@H](Nc1cc(-c2c[nH]c3nccc(Oc4ccc5c(c4)CNCC5)c23)ncn1)c1ccccc1. The van der Waals surface area contributed by atoms with Crippen molar-refractivity contribution in [3.8, 4) is 22.8 Å². The fraction of sp³-hybridized carbons (Fsp3) is 0.179. The second-order valence-electron chi connectivity index (χ2n) is 8.76. The van der Waals surface area contributed by atoms with E-state index < -0.39 is 0 Å². The minimum Gasteiger partial charge on any atom is -0.457 e. The Labute approximate surface area is 203 Å². The van der Waals surface area contributed by atoms with E-state index in [-0.39, 0.29) is 6.04 Å². The first-order valence-corrected chi connectivity index (χ1v) is 11.8. The van der Waals surface area contributed by atoms with Crippen molar-refractivity contribution >= 4 is 16.9 Å². The number of pyridine rings is 1. The van der Waals surface area contributed by atoms with E-state index in [1.165, 1.54) is 16.7 Å². The summed E-state index contributed by atoms with van der Waals surface area (Å²) >= 11 is 0. The van der Waals surface area contributed by atoms with Crippen LogP contribution in [-0.4, -0.2) is 26.5 Å². The van der Waals surface area contributed by atoms with E-state index in [0.717, 1.165) is 59.1 Å². The number of aromatic amines is 1. The predicted octanol–water partition coefficient (Wildman–Crippen LogP) is 5.63. The van der Waals surface area contributed by atoms with Gasteiger partial charge in [-0.3, -0.25) is 0 Å². The Morgan fingerprint density at radius 3 is 2.80 bits per heavy atom. The van der Waals surface area contributed by atoms with Crippen LogP contribution >= 0.6 is 0 Å². The number of aromatic nitrogens is 4. The maximum absolute atomic E-state index is 6.38. The highest BCUT2D eigenvalue weighted by Gasteiger charge is 2.16. The van der Waals surface area contributed by atoms with Crippen LogP contribution in [0.25, 0.3) is 22.3 Å². The van der Waals surface area contributed by atoms with Crippen LogP contribution in [0.15, 0.2) is 79.4 Å². The van der Waals surface area contributed by atoms with Crippen molar-refractivity contribution in [2.24, 2.45) is 0 Å². The Kier molecular flexibility index (Phi) is 5.60. The molecular formula is C28H26N6O. The first kappa shape index (κ1) is 21.3. The second kappa shape index (κ2) is 9.19. The van der Waals surface area contributed by atoms with Gasteiger partial charge in [0, 0.05) is 36.6 Å². The second-order valence-corrected chi connectivity index (χ2v) is 8.76. The number of benzene rings is 2. The highest BCUT2D eigenvalue weighted by molar-refractivity contribution is 5.97. The molecule has 7 nitrogen and oxygen atoms in total. The monoisotopic (exact) mass is 462 g/mol. The zero-order valence-electron chi connectivity index (χ0n) is 19.5. The lowest BCUT2D eigenvalue weighted by atomic mass is 10.0. The number of rotatable bonds is 6. The molecule has 0 fully saturated rings. The van der Waals surface area contributed by atoms with Gasteiger partial charge in [-0.15, -0.1) is 0 Å². The fourth-order valence-corrected chi connectivity index (χ4v) is 4.59. The van der Waals surface area contributed by atoms with Gasteiger partial charge >= 0.3 is 0 Å². The topological polar surface area (TPSA) is 87.8 Å². The number of anilines is 1. The molecule has 4 heterocycles. The van der Waals surface area contributed by atoms with Crippen LogP contribution in [0.2, 0.25) is 0 Å². The summed E-state index contributed by atoms with van der Waals surface area (Å²) in [6.45, 7) is 4.00. The first-order valence-electron chi connectivity index (χ1n) is 11.8. The maximum Gasteiger partial charge on any atom is 0.141 e. The minimum absolute atomic E-state index is 0.112. The van der Waals surface area contributed by atoms with Crippen LogP contribution < -0.4 is 15.4 Å². The highest BCUT2D eigenvalue weighted by Crippen LogP contribution is 2.37. The molecule has 3 N–H and O–H groups in total. The molecule has 1 aliphatic rings. The summed E-state index contributed by atoms with van der Waals surface area (Å²) in [5.74, 6) is 2.31. The third-order valence-electron chi connectivity index (χ3n) is 6.43. The van der Waals surface area contributed by atoms with E-state index in [9.17, 15) is 0 Å². The maximum atomic E-state index is 6.38. The van der Waals surface area contributed by atoms with E-state index in [0.29, 0.717) is 0 Å². The van der Waals surface area contributed by atoms with E-state index in [1.54, 1.807) is 12.5 Å². The van der Waals surface area contributed by atoms with Crippen molar-refractivity contribution in [3.05, 3.63) is 96.1 Å². The molecule has 174 valence electrons. The Hall–Kier alpha value is -4.23. The molecule has 6 rings (SSSR count). The van der Waals surface area contributed by atoms with Crippen LogP contribution in [0, 0.1) is 0 Å². The Morgan fingerprint density at radius 2 is 1.89 bits per heavy atom. The van der Waals surface area contributed by atoms with Crippen molar-refractivity contribution in [3.63, 3.8) is 0 Å². The number of ether oxygens (including phenoxy) is 1. The zero-order chi connectivity index (χ0) is 23.6. The molecular weight excluding hydrogens is 436 g/mol. The molecule has 0 saturated carbocycles. The van der Waals surface area contributed by atoms with Crippen LogP contribution in [0.5, 0.6) is 11.5 Å². The Morgan fingerprint density at radius 1 is 0.971 bits per heavy atom. The molecule has 0 saturated heterocycles. The van der Waals surface area contributed by atoms with Crippen LogP contribution in [-0.2, 0) is 13.0 Å². The first-order chi connectivity index (χ1) is 17.2. The van der Waals surface area contributed by atoms with Gasteiger partial charge in [0.25, 0.3) is 0 Å². The number of H-pyrrole nitrogens is 1. The lowest BCUT2D eigenvalue weighted by Crippen LogP contribution is -2.23. The van der Waals surface area contributed by atoms with Crippen molar-refractivity contribution in [2.45, 2.75) is 25.9 Å². The minimum atomic E-state index is 0.112. The molecule has 0 spiro atoms. The van der Waals surface area contributed by atoms with Gasteiger partial charge in [-0.1, -0.05) is 36.4 Å². The Bertz CT molecular complexity index is 1480. The number of hydrogen-bond donors (Lipinski definition) is 3. The van der Waals surface area contributed by atoms with Crippen LogP contribution in [0.1, 0.15) is 29.7 Å². The molecule has 0 radical (unpaired) electrons.